The van der Waals surface area contributed by atoms with Gasteiger partial charge in [-0.25, -0.2) is 4.98 Å². The highest BCUT2D eigenvalue weighted by Gasteiger charge is 2.08. The Kier molecular flexibility index (Phi) is 6.40. The maximum atomic E-state index is 5.14. The Balaban J connectivity index is 1.85. The Labute approximate surface area is 141 Å². The third kappa shape index (κ3) is 5.56. The molecule has 0 radical (unpaired) electrons. The Morgan fingerprint density at radius 3 is 2.87 bits per heavy atom. The number of nitrogens with zero attached hydrogens (tertiary/aromatic N) is 2. The monoisotopic (exact) mass is 332 g/mol. The van der Waals surface area contributed by atoms with E-state index in [0.29, 0.717) is 18.5 Å². The van der Waals surface area contributed by atoms with Gasteiger partial charge in [0.25, 0.3) is 0 Å². The number of aryl methyl sites for hydroxylation is 1. The van der Waals surface area contributed by atoms with Crippen LogP contribution in [0.2, 0.25) is 0 Å². The van der Waals surface area contributed by atoms with Crippen LogP contribution in [0.15, 0.2) is 35.5 Å². The van der Waals surface area contributed by atoms with Crippen LogP contribution in [0.1, 0.15) is 22.2 Å². The molecule has 23 heavy (non-hydrogen) atoms. The third-order valence-electron chi connectivity index (χ3n) is 3.38. The molecule has 0 spiro atoms. The second-order valence-corrected chi connectivity index (χ2v) is 6.77. The van der Waals surface area contributed by atoms with Gasteiger partial charge in [-0.1, -0.05) is 0 Å². The van der Waals surface area contributed by atoms with E-state index in [9.17, 15) is 0 Å². The van der Waals surface area contributed by atoms with E-state index in [2.05, 4.69) is 46.6 Å². The van der Waals surface area contributed by atoms with Crippen molar-refractivity contribution in [2.45, 2.75) is 32.9 Å². The number of rotatable bonds is 6. The quantitative estimate of drug-likeness (QED) is 0.631. The molecule has 6 heteroatoms. The summed E-state index contributed by atoms with van der Waals surface area (Å²) in [5.74, 6) is 1.41. The molecular formula is C17H24N4OS. The minimum atomic E-state index is 0.311. The molecule has 0 bridgehead atoms. The summed E-state index contributed by atoms with van der Waals surface area (Å²) in [6.07, 6.45) is 2.73. The van der Waals surface area contributed by atoms with Gasteiger partial charge >= 0.3 is 0 Å². The molecule has 0 aromatic carbocycles. The number of thiophene rings is 1. The minimum absolute atomic E-state index is 0.311. The molecule has 0 aliphatic carbocycles. The lowest BCUT2D eigenvalue weighted by molar-refractivity contribution is 0.397. The van der Waals surface area contributed by atoms with Gasteiger partial charge in [-0.2, -0.15) is 0 Å². The van der Waals surface area contributed by atoms with Crippen molar-refractivity contribution in [1.82, 2.24) is 15.6 Å². The molecule has 1 atom stereocenters. The molecule has 5 nitrogen and oxygen atoms in total. The second kappa shape index (κ2) is 8.53. The first-order valence-corrected chi connectivity index (χ1v) is 8.43. The molecule has 2 aromatic heterocycles. The lowest BCUT2D eigenvalue weighted by Gasteiger charge is -2.17. The molecule has 2 N–H and O–H groups in total. The average molecular weight is 332 g/mol. The SMILES string of the molecule is CN=C(NCc1ccnc(OC)c1)NC(C)Cc1ccc(C)s1. The van der Waals surface area contributed by atoms with Crippen molar-refractivity contribution in [2.24, 2.45) is 4.99 Å². The van der Waals surface area contributed by atoms with Crippen molar-refractivity contribution < 1.29 is 4.74 Å². The van der Waals surface area contributed by atoms with Crippen LogP contribution in [0.5, 0.6) is 5.88 Å². The molecule has 1 unspecified atom stereocenters. The van der Waals surface area contributed by atoms with E-state index in [0.717, 1.165) is 17.9 Å². The van der Waals surface area contributed by atoms with Crippen LogP contribution in [0, 0.1) is 6.92 Å². The van der Waals surface area contributed by atoms with Crippen molar-refractivity contribution in [3.05, 3.63) is 45.8 Å². The number of aliphatic imine (C=N–C) groups is 1. The summed E-state index contributed by atoms with van der Waals surface area (Å²) < 4.78 is 5.14. The molecule has 124 valence electrons. The minimum Gasteiger partial charge on any atom is -0.481 e. The predicted molar refractivity (Wildman–Crippen MR) is 96.3 cm³/mol. The second-order valence-electron chi connectivity index (χ2n) is 5.39. The molecule has 2 rings (SSSR count). The average Bonchev–Trinajstić information content (AvgIpc) is 2.96. The highest BCUT2D eigenvalue weighted by atomic mass is 32.1. The van der Waals surface area contributed by atoms with E-state index >= 15 is 0 Å². The van der Waals surface area contributed by atoms with E-state index in [-0.39, 0.29) is 0 Å². The summed E-state index contributed by atoms with van der Waals surface area (Å²) >= 11 is 1.84. The zero-order valence-corrected chi connectivity index (χ0v) is 14.9. The van der Waals surface area contributed by atoms with E-state index in [1.165, 1.54) is 9.75 Å². The number of guanidine groups is 1. The fourth-order valence-corrected chi connectivity index (χ4v) is 3.25. The first-order valence-electron chi connectivity index (χ1n) is 7.62. The third-order valence-corrected chi connectivity index (χ3v) is 4.40. The number of hydrogen-bond acceptors (Lipinski definition) is 4. The number of pyridine rings is 1. The van der Waals surface area contributed by atoms with E-state index in [1.54, 1.807) is 20.4 Å². The summed E-state index contributed by atoms with van der Waals surface area (Å²) in [6, 6.07) is 8.54. The fourth-order valence-electron chi connectivity index (χ4n) is 2.23. The molecule has 0 fully saturated rings. The topological polar surface area (TPSA) is 58.5 Å². The Morgan fingerprint density at radius 2 is 2.22 bits per heavy atom. The van der Waals surface area contributed by atoms with Gasteiger partial charge in [0.2, 0.25) is 5.88 Å². The lowest BCUT2D eigenvalue weighted by Crippen LogP contribution is -2.42. The highest BCUT2D eigenvalue weighted by Crippen LogP contribution is 2.16. The lowest BCUT2D eigenvalue weighted by atomic mass is 10.2. The largest absolute Gasteiger partial charge is 0.481 e. The van der Waals surface area contributed by atoms with Crippen LogP contribution in [0.4, 0.5) is 0 Å². The standard InChI is InChI=1S/C17H24N4OS/c1-12(9-15-6-5-13(2)23-15)21-17(18-3)20-11-14-7-8-19-16(10-14)22-4/h5-8,10,12H,9,11H2,1-4H3,(H2,18,20,21). The Bertz CT molecular complexity index is 654. The van der Waals surface area contributed by atoms with Crippen molar-refractivity contribution in [1.29, 1.82) is 0 Å². The van der Waals surface area contributed by atoms with Gasteiger partial charge in [0.1, 0.15) is 0 Å². The zero-order valence-electron chi connectivity index (χ0n) is 14.1. The van der Waals surface area contributed by atoms with Gasteiger partial charge in [-0.05, 0) is 37.6 Å². The van der Waals surface area contributed by atoms with Crippen LogP contribution in [0.25, 0.3) is 0 Å². The van der Waals surface area contributed by atoms with E-state index in [4.69, 9.17) is 4.74 Å². The van der Waals surface area contributed by atoms with Crippen LogP contribution < -0.4 is 15.4 Å². The van der Waals surface area contributed by atoms with Gasteiger partial charge in [0, 0.05) is 48.1 Å². The van der Waals surface area contributed by atoms with Crippen LogP contribution >= 0.6 is 11.3 Å². The number of hydrogen-bond donors (Lipinski definition) is 2. The molecule has 0 amide bonds. The van der Waals surface area contributed by atoms with E-state index < -0.39 is 0 Å². The molecular weight excluding hydrogens is 308 g/mol. The number of nitrogens with one attached hydrogen (secondary N) is 2. The van der Waals surface area contributed by atoms with Gasteiger partial charge in [0.15, 0.2) is 5.96 Å². The van der Waals surface area contributed by atoms with Crippen molar-refractivity contribution in [3.63, 3.8) is 0 Å². The summed E-state index contributed by atoms with van der Waals surface area (Å²) in [4.78, 5) is 11.1. The number of methoxy groups -OCH3 is 1. The van der Waals surface area contributed by atoms with Gasteiger partial charge in [-0.15, -0.1) is 11.3 Å². The summed E-state index contributed by atoms with van der Waals surface area (Å²) in [5, 5.41) is 6.74. The normalized spacial score (nSPS) is 12.8. The van der Waals surface area contributed by atoms with Crippen molar-refractivity contribution >= 4 is 17.3 Å². The summed E-state index contributed by atoms with van der Waals surface area (Å²) in [7, 11) is 3.40. The Hall–Kier alpha value is -2.08. The van der Waals surface area contributed by atoms with Crippen LogP contribution in [0.3, 0.4) is 0 Å². The maximum absolute atomic E-state index is 5.14. The first-order chi connectivity index (χ1) is 11.1. The Morgan fingerprint density at radius 1 is 1.39 bits per heavy atom. The molecule has 0 saturated carbocycles. The van der Waals surface area contributed by atoms with Gasteiger partial charge in [-0.3, -0.25) is 4.99 Å². The number of ether oxygens (including phenoxy) is 1. The zero-order chi connectivity index (χ0) is 16.7. The summed E-state index contributed by atoms with van der Waals surface area (Å²) in [6.45, 7) is 4.97. The molecule has 0 aliphatic heterocycles. The van der Waals surface area contributed by atoms with E-state index in [1.807, 2.05) is 23.5 Å². The predicted octanol–water partition coefficient (Wildman–Crippen LogP) is 2.76. The van der Waals surface area contributed by atoms with Crippen LogP contribution in [-0.2, 0) is 13.0 Å². The van der Waals surface area contributed by atoms with Crippen LogP contribution in [-0.4, -0.2) is 31.1 Å². The summed E-state index contributed by atoms with van der Waals surface area (Å²) in [5.41, 5.74) is 1.10. The fraction of sp³-hybridized carbons (Fsp3) is 0.412. The maximum Gasteiger partial charge on any atom is 0.213 e. The molecule has 0 saturated heterocycles. The smallest absolute Gasteiger partial charge is 0.213 e. The molecule has 2 aromatic rings. The van der Waals surface area contributed by atoms with Crippen molar-refractivity contribution in [2.75, 3.05) is 14.2 Å². The van der Waals surface area contributed by atoms with Crippen molar-refractivity contribution in [3.8, 4) is 5.88 Å². The first kappa shape index (κ1) is 17.3. The molecule has 0 aliphatic rings. The van der Waals surface area contributed by atoms with Gasteiger partial charge in [0.05, 0.1) is 7.11 Å². The molecule has 2 heterocycles. The van der Waals surface area contributed by atoms with Gasteiger partial charge < -0.3 is 15.4 Å². The highest BCUT2D eigenvalue weighted by molar-refractivity contribution is 7.11. The number of aromatic nitrogens is 1.